The highest BCUT2D eigenvalue weighted by Crippen LogP contribution is 2.48. The van der Waals surface area contributed by atoms with E-state index >= 15 is 0 Å². The van der Waals surface area contributed by atoms with Crippen LogP contribution in [0.2, 0.25) is 10.0 Å². The lowest BCUT2D eigenvalue weighted by Crippen LogP contribution is -2.66. The van der Waals surface area contributed by atoms with Crippen molar-refractivity contribution in [2.75, 3.05) is 64.0 Å². The van der Waals surface area contributed by atoms with Crippen molar-refractivity contribution in [2.45, 2.75) is 18.9 Å². The van der Waals surface area contributed by atoms with Crippen LogP contribution in [0.3, 0.4) is 0 Å². The highest BCUT2D eigenvalue weighted by atomic mass is 35.5. The summed E-state index contributed by atoms with van der Waals surface area (Å²) in [6.07, 6.45) is 4.43. The monoisotopic (exact) mass is 598 g/mol. The quantitative estimate of drug-likeness (QED) is 0.324. The largest absolute Gasteiger partial charge is 0.495 e. The molecule has 1 N–H and O–H groups in total. The van der Waals surface area contributed by atoms with Gasteiger partial charge in [-0.15, -0.1) is 0 Å². The minimum Gasteiger partial charge on any atom is -0.495 e. The van der Waals surface area contributed by atoms with Gasteiger partial charge in [0, 0.05) is 54.7 Å². The average Bonchev–Trinajstić information content (AvgIpc) is 2.93. The molecule has 1 spiro atoms. The van der Waals surface area contributed by atoms with Gasteiger partial charge < -0.3 is 29.2 Å². The number of methoxy groups -OCH3 is 2. The molecule has 0 unspecified atom stereocenters. The Bertz CT molecular complexity index is 1480. The lowest BCUT2D eigenvalue weighted by atomic mass is 9.78. The van der Waals surface area contributed by atoms with Crippen molar-refractivity contribution < 1.29 is 23.7 Å². The summed E-state index contributed by atoms with van der Waals surface area (Å²) in [4.78, 5) is 24.2. The van der Waals surface area contributed by atoms with Gasteiger partial charge in [-0.2, -0.15) is 0 Å². The van der Waals surface area contributed by atoms with Gasteiger partial charge in [-0.25, -0.2) is 9.97 Å². The fraction of sp³-hybridized carbons (Fsp3) is 0.433. The molecule has 3 aliphatic rings. The van der Waals surface area contributed by atoms with Crippen LogP contribution in [0.15, 0.2) is 37.1 Å². The molecule has 0 aliphatic carbocycles. The second-order valence-corrected chi connectivity index (χ2v) is 11.8. The van der Waals surface area contributed by atoms with E-state index in [-0.39, 0.29) is 23.2 Å². The normalized spacial score (nSPS) is 21.2. The summed E-state index contributed by atoms with van der Waals surface area (Å²) in [6, 6.07) is 5.56. The minimum absolute atomic E-state index is 0.0346. The Kier molecular flexibility index (Phi) is 7.72. The van der Waals surface area contributed by atoms with Crippen molar-refractivity contribution in [3.8, 4) is 22.8 Å². The number of ether oxygens (including phenoxy) is 4. The van der Waals surface area contributed by atoms with Crippen LogP contribution in [0, 0.1) is 11.3 Å². The molecule has 3 fully saturated rings. The molecule has 2 aromatic heterocycles. The van der Waals surface area contributed by atoms with Crippen molar-refractivity contribution in [2.24, 2.45) is 11.3 Å². The molecule has 9 nitrogen and oxygen atoms in total. The van der Waals surface area contributed by atoms with E-state index < -0.39 is 0 Å². The Morgan fingerprint density at radius 3 is 2.54 bits per heavy atom. The topological polar surface area (TPSA) is 95.0 Å². The number of benzene rings is 1. The van der Waals surface area contributed by atoms with Gasteiger partial charge in [-0.05, 0) is 30.5 Å². The molecule has 216 valence electrons. The number of ketones is 1. The number of aromatic nitrogens is 2. The van der Waals surface area contributed by atoms with Crippen LogP contribution in [-0.2, 0) is 14.3 Å². The molecule has 0 amide bonds. The van der Waals surface area contributed by atoms with E-state index in [0.29, 0.717) is 58.3 Å². The van der Waals surface area contributed by atoms with Gasteiger partial charge in [-0.1, -0.05) is 29.8 Å². The zero-order valence-electron chi connectivity index (χ0n) is 23.0. The van der Waals surface area contributed by atoms with Crippen molar-refractivity contribution in [3.63, 3.8) is 0 Å². The fourth-order valence-corrected chi connectivity index (χ4v) is 6.59. The van der Waals surface area contributed by atoms with Crippen LogP contribution in [0.25, 0.3) is 22.0 Å². The number of allylic oxidation sites excluding steroid dienone is 1. The number of carbonyl (C=O) groups excluding carboxylic acids is 1. The molecule has 0 radical (unpaired) electrons. The van der Waals surface area contributed by atoms with Crippen LogP contribution in [0.4, 0.5) is 11.6 Å². The summed E-state index contributed by atoms with van der Waals surface area (Å²) in [5.74, 6) is 2.56. The van der Waals surface area contributed by atoms with Gasteiger partial charge in [0.2, 0.25) is 0 Å². The molecule has 6 rings (SSSR count). The third kappa shape index (κ3) is 5.20. The van der Waals surface area contributed by atoms with Gasteiger partial charge in [0.05, 0.1) is 61.2 Å². The number of rotatable bonds is 9. The fourth-order valence-electron chi connectivity index (χ4n) is 5.89. The third-order valence-electron chi connectivity index (χ3n) is 8.22. The Labute approximate surface area is 248 Å². The zero-order chi connectivity index (χ0) is 28.7. The molecule has 41 heavy (non-hydrogen) atoms. The molecular weight excluding hydrogens is 567 g/mol. The maximum atomic E-state index is 12.1. The first kappa shape index (κ1) is 28.0. The Morgan fingerprint density at radius 2 is 1.90 bits per heavy atom. The van der Waals surface area contributed by atoms with Crippen LogP contribution in [-0.4, -0.2) is 75.5 Å². The molecule has 0 bridgehead atoms. The van der Waals surface area contributed by atoms with Gasteiger partial charge in [-0.3, -0.25) is 4.79 Å². The number of hydrogen-bond acceptors (Lipinski definition) is 9. The molecule has 1 aromatic carbocycles. The lowest BCUT2D eigenvalue weighted by molar-refractivity contribution is -0.127. The van der Waals surface area contributed by atoms with E-state index in [1.54, 1.807) is 20.3 Å². The van der Waals surface area contributed by atoms with Crippen LogP contribution >= 0.6 is 23.2 Å². The highest BCUT2D eigenvalue weighted by molar-refractivity contribution is 6.41. The van der Waals surface area contributed by atoms with E-state index in [9.17, 15) is 4.79 Å². The maximum absolute atomic E-state index is 12.1. The molecule has 5 heterocycles. The van der Waals surface area contributed by atoms with E-state index in [1.807, 2.05) is 18.3 Å². The second kappa shape index (κ2) is 11.3. The molecule has 0 saturated carbocycles. The third-order valence-corrected chi connectivity index (χ3v) is 8.97. The predicted molar refractivity (Wildman–Crippen MR) is 160 cm³/mol. The predicted octanol–water partition coefficient (Wildman–Crippen LogP) is 5.42. The standard InChI is InChI=1S/C30H32Cl2N4O5/c1-4-19(37)7-17-5-6-40-12-22(17)34-25-9-20-18(11-33-25)8-21(35-29(20)36-13-30(14-36)15-41-16-30)26-27(31)23(38-2)10-24(39-3)28(26)32/h4,8-11,17,22H,1,5-7,12-16H2,2-3H3,(H,33,34)/t17-,22-/m1/s1. The smallest absolute Gasteiger partial charge is 0.155 e. The average molecular weight is 600 g/mol. The molecule has 2 atom stereocenters. The Balaban J connectivity index is 1.41. The van der Waals surface area contributed by atoms with E-state index in [4.69, 9.17) is 52.1 Å². The Hall–Kier alpha value is -3.11. The summed E-state index contributed by atoms with van der Waals surface area (Å²) >= 11 is 13.6. The first-order valence-corrected chi connectivity index (χ1v) is 14.3. The Morgan fingerprint density at radius 1 is 1.17 bits per heavy atom. The zero-order valence-corrected chi connectivity index (χ0v) is 24.6. The van der Waals surface area contributed by atoms with Crippen LogP contribution in [0.1, 0.15) is 12.8 Å². The molecule has 3 aromatic rings. The molecular formula is C30H32Cl2N4O5. The van der Waals surface area contributed by atoms with Crippen molar-refractivity contribution >= 4 is 51.4 Å². The number of halogens is 2. The first-order valence-electron chi connectivity index (χ1n) is 13.6. The molecule has 11 heteroatoms. The SMILES string of the molecule is C=CC(=O)C[C@H]1CCOC[C@H]1Nc1cc2c(N3CC4(COC4)C3)nc(-c3c(Cl)c(OC)cc(OC)c3Cl)cc2cn1. The number of fused-ring (bicyclic) bond motifs is 1. The molecule has 3 saturated heterocycles. The second-order valence-electron chi connectivity index (χ2n) is 11.0. The van der Waals surface area contributed by atoms with Crippen molar-refractivity contribution in [1.82, 2.24) is 9.97 Å². The first-order chi connectivity index (χ1) is 19.8. The lowest BCUT2D eigenvalue weighted by Gasteiger charge is -2.55. The minimum atomic E-state index is -0.0467. The number of nitrogens with zero attached hydrogens (tertiary/aromatic N) is 3. The maximum Gasteiger partial charge on any atom is 0.155 e. The summed E-state index contributed by atoms with van der Waals surface area (Å²) in [6.45, 7) is 7.96. The van der Waals surface area contributed by atoms with Gasteiger partial charge in [0.15, 0.2) is 5.78 Å². The van der Waals surface area contributed by atoms with E-state index in [2.05, 4.69) is 16.8 Å². The van der Waals surface area contributed by atoms with Crippen LogP contribution in [0.5, 0.6) is 11.5 Å². The number of anilines is 2. The molecule has 3 aliphatic heterocycles. The van der Waals surface area contributed by atoms with E-state index in [0.717, 1.165) is 49.3 Å². The summed E-state index contributed by atoms with van der Waals surface area (Å²) in [5.41, 5.74) is 1.31. The van der Waals surface area contributed by atoms with Gasteiger partial charge >= 0.3 is 0 Å². The number of hydrogen-bond donors (Lipinski definition) is 1. The number of carbonyl (C=O) groups is 1. The van der Waals surface area contributed by atoms with Crippen molar-refractivity contribution in [3.05, 3.63) is 47.1 Å². The van der Waals surface area contributed by atoms with Crippen LogP contribution < -0.4 is 19.7 Å². The summed E-state index contributed by atoms with van der Waals surface area (Å²) < 4.78 is 22.2. The van der Waals surface area contributed by atoms with E-state index in [1.165, 1.54) is 6.08 Å². The summed E-state index contributed by atoms with van der Waals surface area (Å²) in [7, 11) is 3.09. The highest BCUT2D eigenvalue weighted by Gasteiger charge is 2.50. The number of nitrogens with one attached hydrogen (secondary N) is 1. The number of pyridine rings is 2. The van der Waals surface area contributed by atoms with Gasteiger partial charge in [0.1, 0.15) is 23.1 Å². The summed E-state index contributed by atoms with van der Waals surface area (Å²) in [5, 5.41) is 6.06. The van der Waals surface area contributed by atoms with Gasteiger partial charge in [0.25, 0.3) is 0 Å². The van der Waals surface area contributed by atoms with Crippen molar-refractivity contribution in [1.29, 1.82) is 0 Å².